The molecule has 0 fully saturated rings. The molecule has 1 aromatic heterocycles. The van der Waals surface area contributed by atoms with E-state index in [0.29, 0.717) is 14.5 Å². The van der Waals surface area contributed by atoms with Gasteiger partial charge in [0.05, 0.1) is 0 Å². The second kappa shape index (κ2) is 4.63. The molecule has 3 rings (SSSR count). The molecule has 0 nitrogen and oxygen atoms in total. The first-order valence-electron chi connectivity index (χ1n) is 5.47. The van der Waals surface area contributed by atoms with Crippen LogP contribution in [0.2, 0.25) is 0 Å². The molecule has 17 heavy (non-hydrogen) atoms. The monoisotopic (exact) mass is 282 g/mol. The molecular formula is C16H10Se. The van der Waals surface area contributed by atoms with Gasteiger partial charge >= 0.3 is 107 Å². The molecule has 80 valence electrons. The van der Waals surface area contributed by atoms with E-state index in [-0.39, 0.29) is 0 Å². The first kappa shape index (κ1) is 10.4. The minimum absolute atomic E-state index is 0.387. The third-order valence-corrected chi connectivity index (χ3v) is 4.69. The predicted octanol–water partition coefficient (Wildman–Crippen LogP) is 3.30. The fourth-order valence-electron chi connectivity index (χ4n) is 1.70. The Balaban J connectivity index is 1.98. The zero-order valence-electron chi connectivity index (χ0n) is 9.18. The topological polar surface area (TPSA) is 0 Å². The summed E-state index contributed by atoms with van der Waals surface area (Å²) in [7, 11) is 0. The molecule has 0 atom stereocenters. The van der Waals surface area contributed by atoms with Crippen molar-refractivity contribution in [3.8, 4) is 11.8 Å². The van der Waals surface area contributed by atoms with Crippen LogP contribution in [0.15, 0.2) is 60.7 Å². The minimum atomic E-state index is 0.387. The molecule has 0 saturated heterocycles. The summed E-state index contributed by atoms with van der Waals surface area (Å²) in [6.45, 7) is 0. The third-order valence-electron chi connectivity index (χ3n) is 2.53. The molecule has 0 spiro atoms. The van der Waals surface area contributed by atoms with Gasteiger partial charge in [-0.1, -0.05) is 0 Å². The van der Waals surface area contributed by atoms with Gasteiger partial charge in [0.25, 0.3) is 0 Å². The fraction of sp³-hybridized carbons (Fsp3) is 0. The van der Waals surface area contributed by atoms with E-state index in [1.807, 2.05) is 30.3 Å². The first-order chi connectivity index (χ1) is 8.42. The number of hydrogen-bond donors (Lipinski definition) is 0. The van der Waals surface area contributed by atoms with Crippen LogP contribution in [-0.2, 0) is 0 Å². The Hall–Kier alpha value is -1.74. The van der Waals surface area contributed by atoms with Gasteiger partial charge in [-0.15, -0.1) is 0 Å². The van der Waals surface area contributed by atoms with Crippen molar-refractivity contribution in [1.29, 1.82) is 0 Å². The van der Waals surface area contributed by atoms with E-state index in [4.69, 9.17) is 0 Å². The van der Waals surface area contributed by atoms with E-state index in [0.717, 1.165) is 5.56 Å². The van der Waals surface area contributed by atoms with Crippen molar-refractivity contribution in [2.75, 3.05) is 0 Å². The van der Waals surface area contributed by atoms with Crippen LogP contribution in [0.5, 0.6) is 0 Å². The molecule has 0 amide bonds. The number of fused-ring (bicyclic) bond motifs is 1. The quantitative estimate of drug-likeness (QED) is 0.438. The summed E-state index contributed by atoms with van der Waals surface area (Å²) in [4.78, 5) is 0. The van der Waals surface area contributed by atoms with Crippen LogP contribution in [0, 0.1) is 11.8 Å². The summed E-state index contributed by atoms with van der Waals surface area (Å²) in [5.74, 6) is 6.50. The van der Waals surface area contributed by atoms with E-state index in [1.165, 1.54) is 14.1 Å². The van der Waals surface area contributed by atoms with Crippen LogP contribution in [0.4, 0.5) is 0 Å². The van der Waals surface area contributed by atoms with Crippen LogP contribution < -0.4 is 0 Å². The Labute approximate surface area is 107 Å². The summed E-state index contributed by atoms with van der Waals surface area (Å²) >= 11 is 0.387. The van der Waals surface area contributed by atoms with Gasteiger partial charge in [-0.05, 0) is 0 Å². The number of hydrogen-bond acceptors (Lipinski definition) is 0. The average molecular weight is 281 g/mol. The fourth-order valence-corrected chi connectivity index (χ4v) is 3.62. The molecule has 0 saturated carbocycles. The molecule has 2 aromatic carbocycles. The Morgan fingerprint density at radius 3 is 2.35 bits per heavy atom. The standard InChI is InChI=1S/C16H10Se/c1-2-6-13(7-3-1)10-11-15-12-14-8-4-5-9-16(14)17-15/h1-9,12H. The van der Waals surface area contributed by atoms with Crippen LogP contribution in [0.3, 0.4) is 0 Å². The van der Waals surface area contributed by atoms with E-state index in [9.17, 15) is 0 Å². The number of rotatable bonds is 0. The van der Waals surface area contributed by atoms with Gasteiger partial charge in [0.1, 0.15) is 0 Å². The van der Waals surface area contributed by atoms with Crippen LogP contribution in [0.25, 0.3) is 9.65 Å². The Morgan fingerprint density at radius 2 is 1.53 bits per heavy atom. The van der Waals surface area contributed by atoms with E-state index in [2.05, 4.69) is 42.2 Å². The molecule has 0 aliphatic rings. The maximum absolute atomic E-state index is 3.28. The molecule has 0 aliphatic carbocycles. The summed E-state index contributed by atoms with van der Waals surface area (Å²) in [6, 6.07) is 20.9. The van der Waals surface area contributed by atoms with Crippen molar-refractivity contribution in [3.05, 3.63) is 70.7 Å². The van der Waals surface area contributed by atoms with Gasteiger partial charge in [-0.2, -0.15) is 0 Å². The Kier molecular flexibility index (Phi) is 2.84. The van der Waals surface area contributed by atoms with E-state index >= 15 is 0 Å². The zero-order valence-corrected chi connectivity index (χ0v) is 10.9. The SMILES string of the molecule is C(#Cc1cc2ccccc2[se]1)c1ccccc1. The van der Waals surface area contributed by atoms with Crippen LogP contribution in [-0.4, -0.2) is 14.5 Å². The van der Waals surface area contributed by atoms with Crippen molar-refractivity contribution in [2.24, 2.45) is 0 Å². The van der Waals surface area contributed by atoms with Gasteiger partial charge in [0, 0.05) is 0 Å². The normalized spacial score (nSPS) is 9.88. The molecule has 0 N–H and O–H groups in total. The van der Waals surface area contributed by atoms with Gasteiger partial charge < -0.3 is 0 Å². The Morgan fingerprint density at radius 1 is 0.765 bits per heavy atom. The summed E-state index contributed by atoms with van der Waals surface area (Å²) in [6.07, 6.45) is 0. The van der Waals surface area contributed by atoms with Gasteiger partial charge in [-0.25, -0.2) is 0 Å². The molecule has 0 aliphatic heterocycles. The van der Waals surface area contributed by atoms with Crippen LogP contribution >= 0.6 is 0 Å². The molecule has 1 heteroatoms. The van der Waals surface area contributed by atoms with Crippen LogP contribution in [0.1, 0.15) is 10.0 Å². The molecule has 0 bridgehead atoms. The van der Waals surface area contributed by atoms with Gasteiger partial charge in [0.15, 0.2) is 0 Å². The van der Waals surface area contributed by atoms with Crippen molar-refractivity contribution < 1.29 is 0 Å². The summed E-state index contributed by atoms with van der Waals surface area (Å²) in [5.41, 5.74) is 1.08. The zero-order chi connectivity index (χ0) is 11.5. The van der Waals surface area contributed by atoms with Crippen molar-refractivity contribution in [1.82, 2.24) is 0 Å². The molecular weight excluding hydrogens is 271 g/mol. The summed E-state index contributed by atoms with van der Waals surface area (Å²) < 4.78 is 2.71. The van der Waals surface area contributed by atoms with Crippen molar-refractivity contribution in [3.63, 3.8) is 0 Å². The van der Waals surface area contributed by atoms with E-state index < -0.39 is 0 Å². The molecule has 1 heterocycles. The first-order valence-corrected chi connectivity index (χ1v) is 7.19. The van der Waals surface area contributed by atoms with Crippen molar-refractivity contribution in [2.45, 2.75) is 0 Å². The summed E-state index contributed by atoms with van der Waals surface area (Å²) in [5, 5.41) is 1.34. The molecule has 3 aromatic rings. The molecule has 0 unspecified atom stereocenters. The predicted molar refractivity (Wildman–Crippen MR) is 73.3 cm³/mol. The third kappa shape index (κ3) is 2.34. The number of benzene rings is 2. The average Bonchev–Trinajstić information content (AvgIpc) is 2.80. The second-order valence-corrected chi connectivity index (χ2v) is 6.04. The van der Waals surface area contributed by atoms with Gasteiger partial charge in [0.2, 0.25) is 0 Å². The van der Waals surface area contributed by atoms with Gasteiger partial charge in [-0.3, -0.25) is 0 Å². The molecule has 0 radical (unpaired) electrons. The van der Waals surface area contributed by atoms with Crippen molar-refractivity contribution >= 4 is 24.1 Å². The van der Waals surface area contributed by atoms with E-state index in [1.54, 1.807) is 0 Å². The Bertz CT molecular complexity index is 663. The maximum atomic E-state index is 3.28. The second-order valence-electron chi connectivity index (χ2n) is 3.76.